The number of hydrogen-bond acceptors (Lipinski definition) is 4. The average molecular weight is 345 g/mol. The molecule has 0 radical (unpaired) electrons. The minimum Gasteiger partial charge on any atom is -0.376 e. The zero-order valence-corrected chi connectivity index (χ0v) is 14.7. The van der Waals surface area contributed by atoms with Crippen LogP contribution in [0.3, 0.4) is 0 Å². The van der Waals surface area contributed by atoms with Crippen LogP contribution in [0.15, 0.2) is 24.4 Å². The van der Waals surface area contributed by atoms with Gasteiger partial charge in [-0.05, 0) is 37.3 Å². The fourth-order valence-corrected chi connectivity index (χ4v) is 4.26. The molecule has 25 heavy (non-hydrogen) atoms. The predicted molar refractivity (Wildman–Crippen MR) is 93.0 cm³/mol. The molecule has 4 rings (SSSR count). The van der Waals surface area contributed by atoms with E-state index in [-0.39, 0.29) is 12.1 Å². The summed E-state index contributed by atoms with van der Waals surface area (Å²) < 4.78 is 11.7. The summed E-state index contributed by atoms with van der Waals surface area (Å²) in [7, 11) is 0. The Morgan fingerprint density at radius 1 is 1.24 bits per heavy atom. The summed E-state index contributed by atoms with van der Waals surface area (Å²) in [5.74, 6) is 0.954. The van der Waals surface area contributed by atoms with Crippen LogP contribution in [0.25, 0.3) is 0 Å². The van der Waals surface area contributed by atoms with E-state index in [0.29, 0.717) is 25.0 Å². The predicted octanol–water partition coefficient (Wildman–Crippen LogP) is 2.15. The lowest BCUT2D eigenvalue weighted by atomic mass is 9.91. The number of ether oxygens (including phenoxy) is 2. The number of carbonyl (C=O) groups excluding carboxylic acids is 1. The van der Waals surface area contributed by atoms with Crippen molar-refractivity contribution in [2.75, 3.05) is 39.4 Å². The van der Waals surface area contributed by atoms with Crippen LogP contribution >= 0.6 is 0 Å². The van der Waals surface area contributed by atoms with Gasteiger partial charge in [0.1, 0.15) is 0 Å². The summed E-state index contributed by atoms with van der Waals surface area (Å²) >= 11 is 0. The van der Waals surface area contributed by atoms with Gasteiger partial charge in [0.05, 0.1) is 25.0 Å². The quantitative estimate of drug-likeness (QED) is 0.768. The molecule has 2 amide bonds. The lowest BCUT2D eigenvalue weighted by Gasteiger charge is -2.25. The van der Waals surface area contributed by atoms with E-state index in [2.05, 4.69) is 4.98 Å². The van der Waals surface area contributed by atoms with Gasteiger partial charge in [-0.2, -0.15) is 0 Å². The second kappa shape index (κ2) is 7.70. The Balaban J connectivity index is 1.22. The van der Waals surface area contributed by atoms with E-state index in [1.807, 2.05) is 28.0 Å². The molecule has 6 heteroatoms. The second-order valence-corrected chi connectivity index (χ2v) is 7.34. The van der Waals surface area contributed by atoms with Gasteiger partial charge >= 0.3 is 6.03 Å². The van der Waals surface area contributed by atoms with Crippen molar-refractivity contribution in [3.8, 4) is 0 Å². The van der Waals surface area contributed by atoms with Gasteiger partial charge in [0, 0.05) is 44.9 Å². The van der Waals surface area contributed by atoms with Crippen molar-refractivity contribution in [2.45, 2.75) is 32.0 Å². The van der Waals surface area contributed by atoms with Gasteiger partial charge in [-0.1, -0.05) is 6.07 Å². The summed E-state index contributed by atoms with van der Waals surface area (Å²) in [6.07, 6.45) is 5.27. The SMILES string of the molecule is O=C(N1CCCC1)N1C[C@H]2[C@@H](CCOCc3ccccn3)CO[C@H]2C1. The van der Waals surface area contributed by atoms with E-state index in [0.717, 1.165) is 57.7 Å². The summed E-state index contributed by atoms with van der Waals surface area (Å²) in [4.78, 5) is 20.8. The van der Waals surface area contributed by atoms with Crippen LogP contribution in [-0.4, -0.2) is 66.3 Å². The number of likely N-dealkylation sites (tertiary alicyclic amines) is 2. The minimum atomic E-state index is 0.209. The Morgan fingerprint density at radius 2 is 2.12 bits per heavy atom. The topological polar surface area (TPSA) is 54.9 Å². The van der Waals surface area contributed by atoms with Crippen LogP contribution in [-0.2, 0) is 16.1 Å². The first-order valence-corrected chi connectivity index (χ1v) is 9.44. The van der Waals surface area contributed by atoms with Gasteiger partial charge in [0.25, 0.3) is 0 Å². The van der Waals surface area contributed by atoms with Crippen molar-refractivity contribution in [3.63, 3.8) is 0 Å². The molecule has 0 spiro atoms. The molecular weight excluding hydrogens is 318 g/mol. The highest BCUT2D eigenvalue weighted by Gasteiger charge is 2.45. The van der Waals surface area contributed by atoms with Gasteiger partial charge in [0.15, 0.2) is 0 Å². The lowest BCUT2D eigenvalue weighted by Crippen LogP contribution is -2.41. The van der Waals surface area contributed by atoms with Crippen LogP contribution in [0.4, 0.5) is 4.79 Å². The molecule has 0 saturated carbocycles. The van der Waals surface area contributed by atoms with E-state index in [1.54, 1.807) is 6.20 Å². The van der Waals surface area contributed by atoms with Crippen LogP contribution in [0.1, 0.15) is 25.0 Å². The van der Waals surface area contributed by atoms with Gasteiger partial charge in [-0.25, -0.2) is 4.79 Å². The van der Waals surface area contributed by atoms with Crippen molar-refractivity contribution in [2.24, 2.45) is 11.8 Å². The summed E-state index contributed by atoms with van der Waals surface area (Å²) in [6.45, 7) is 5.49. The Labute approximate surface area is 149 Å². The molecule has 3 saturated heterocycles. The fourth-order valence-electron chi connectivity index (χ4n) is 4.26. The van der Waals surface area contributed by atoms with Crippen LogP contribution in [0.5, 0.6) is 0 Å². The Morgan fingerprint density at radius 3 is 2.92 bits per heavy atom. The third-order valence-corrected chi connectivity index (χ3v) is 5.70. The third kappa shape index (κ3) is 3.80. The van der Waals surface area contributed by atoms with Crippen LogP contribution in [0, 0.1) is 11.8 Å². The first kappa shape index (κ1) is 16.8. The Kier molecular flexibility index (Phi) is 5.17. The lowest BCUT2D eigenvalue weighted by molar-refractivity contribution is 0.0821. The van der Waals surface area contributed by atoms with Crippen molar-refractivity contribution in [1.29, 1.82) is 0 Å². The smallest absolute Gasteiger partial charge is 0.320 e. The highest BCUT2D eigenvalue weighted by molar-refractivity contribution is 5.75. The first-order chi connectivity index (χ1) is 12.3. The van der Waals surface area contributed by atoms with Crippen LogP contribution in [0.2, 0.25) is 0 Å². The molecule has 0 unspecified atom stereocenters. The maximum absolute atomic E-state index is 12.6. The van der Waals surface area contributed by atoms with E-state index in [4.69, 9.17) is 9.47 Å². The molecule has 3 aliphatic rings. The fraction of sp³-hybridized carbons (Fsp3) is 0.684. The van der Waals surface area contributed by atoms with Crippen molar-refractivity contribution < 1.29 is 14.3 Å². The average Bonchev–Trinajstić information content (AvgIpc) is 3.37. The number of amides is 2. The standard InChI is InChI=1S/C19H27N3O3/c23-19(21-8-3-4-9-21)22-11-17-15(13-25-18(17)12-22)6-10-24-14-16-5-1-2-7-20-16/h1-2,5,7,15,17-18H,3-4,6,8-14H2/t15-,17-,18-/m0/s1. The summed E-state index contributed by atoms with van der Waals surface area (Å²) in [6, 6.07) is 6.08. The summed E-state index contributed by atoms with van der Waals surface area (Å²) in [5, 5.41) is 0. The van der Waals surface area contributed by atoms with Gasteiger partial charge < -0.3 is 19.3 Å². The summed E-state index contributed by atoms with van der Waals surface area (Å²) in [5.41, 5.74) is 0.964. The molecule has 0 aliphatic carbocycles. The number of hydrogen-bond donors (Lipinski definition) is 0. The zero-order valence-electron chi connectivity index (χ0n) is 14.7. The first-order valence-electron chi connectivity index (χ1n) is 9.44. The van der Waals surface area contributed by atoms with Crippen molar-refractivity contribution in [1.82, 2.24) is 14.8 Å². The van der Waals surface area contributed by atoms with Gasteiger partial charge in [-0.15, -0.1) is 0 Å². The Bertz CT molecular complexity index is 577. The molecular formula is C19H27N3O3. The highest BCUT2D eigenvalue weighted by Crippen LogP contribution is 2.36. The highest BCUT2D eigenvalue weighted by atomic mass is 16.5. The van der Waals surface area contributed by atoms with Crippen LogP contribution < -0.4 is 0 Å². The Hall–Kier alpha value is -1.66. The number of carbonyl (C=O) groups is 1. The van der Waals surface area contributed by atoms with E-state index >= 15 is 0 Å². The number of aromatic nitrogens is 1. The maximum Gasteiger partial charge on any atom is 0.320 e. The normalized spacial score (nSPS) is 28.6. The largest absolute Gasteiger partial charge is 0.376 e. The number of nitrogens with zero attached hydrogens (tertiary/aromatic N) is 3. The second-order valence-electron chi connectivity index (χ2n) is 7.34. The number of pyridine rings is 1. The molecule has 3 atom stereocenters. The van der Waals surface area contributed by atoms with Crippen molar-refractivity contribution >= 4 is 6.03 Å². The minimum absolute atomic E-state index is 0.209. The van der Waals surface area contributed by atoms with Gasteiger partial charge in [0.2, 0.25) is 0 Å². The monoisotopic (exact) mass is 345 g/mol. The third-order valence-electron chi connectivity index (χ3n) is 5.70. The van der Waals surface area contributed by atoms with E-state index in [9.17, 15) is 4.79 Å². The molecule has 0 aromatic carbocycles. The zero-order chi connectivity index (χ0) is 17.1. The molecule has 6 nitrogen and oxygen atoms in total. The van der Waals surface area contributed by atoms with E-state index < -0.39 is 0 Å². The molecule has 0 N–H and O–H groups in total. The van der Waals surface area contributed by atoms with Crippen molar-refractivity contribution in [3.05, 3.63) is 30.1 Å². The molecule has 1 aromatic rings. The molecule has 4 heterocycles. The van der Waals surface area contributed by atoms with E-state index in [1.165, 1.54) is 0 Å². The number of fused-ring (bicyclic) bond motifs is 1. The molecule has 3 aliphatic heterocycles. The number of rotatable bonds is 5. The molecule has 3 fully saturated rings. The molecule has 136 valence electrons. The maximum atomic E-state index is 12.6. The molecule has 1 aromatic heterocycles. The van der Waals surface area contributed by atoms with Gasteiger partial charge in [-0.3, -0.25) is 4.98 Å². The molecule has 0 bridgehead atoms. The number of urea groups is 1.